The van der Waals surface area contributed by atoms with Crippen molar-refractivity contribution in [3.8, 4) is 17.0 Å². The Labute approximate surface area is 240 Å². The highest BCUT2D eigenvalue weighted by Crippen LogP contribution is 2.41. The van der Waals surface area contributed by atoms with E-state index in [1.807, 2.05) is 5.32 Å². The number of alkyl halides is 5. The maximum atomic E-state index is 15.4. The molecule has 7 nitrogen and oxygen atoms in total. The van der Waals surface area contributed by atoms with Crippen LogP contribution in [0.2, 0.25) is 0 Å². The van der Waals surface area contributed by atoms with Crippen LogP contribution in [0.5, 0.6) is 5.75 Å². The number of ether oxygens (including phenoxy) is 1. The molecule has 2 aromatic heterocycles. The number of fused-ring (bicyclic) bond motifs is 1. The van der Waals surface area contributed by atoms with Crippen molar-refractivity contribution in [2.75, 3.05) is 13.7 Å². The summed E-state index contributed by atoms with van der Waals surface area (Å²) in [5, 5.41) is 23.5. The number of carbonyl (C=O) groups is 1. The number of aliphatic hydroxyl groups is 2. The number of aromatic nitrogens is 2. The number of rotatable bonds is 8. The number of nitrogens with one attached hydrogen (secondary N) is 1. The third-order valence-electron chi connectivity index (χ3n) is 6.64. The van der Waals surface area contributed by atoms with Gasteiger partial charge in [0, 0.05) is 33.8 Å². The first-order valence-electron chi connectivity index (χ1n) is 12.5. The van der Waals surface area contributed by atoms with Crippen molar-refractivity contribution in [2.45, 2.75) is 37.7 Å². The fraction of sp³-hybridized carbons (Fsp3) is 0.276. The van der Waals surface area contributed by atoms with Crippen molar-refractivity contribution in [2.24, 2.45) is 0 Å². The van der Waals surface area contributed by atoms with Gasteiger partial charge >= 0.3 is 6.18 Å². The largest absolute Gasteiger partial charge is 0.494 e. The molecule has 1 atom stereocenters. The lowest BCUT2D eigenvalue weighted by atomic mass is 9.90. The summed E-state index contributed by atoms with van der Waals surface area (Å²) in [6, 6.07) is 7.72. The SMILES string of the molecule is COc1cc(C(=O)NCC(O)(c2cc(C(C)(C)O)c(F)c(-c3ccc(F)cc3)n2)C(F)(F)F)cc2cc(C(F)F)cnc12. The summed E-state index contributed by atoms with van der Waals surface area (Å²) in [5.41, 5.74) is -9.34. The molecule has 2 aromatic carbocycles. The first-order chi connectivity index (χ1) is 20.0. The number of benzene rings is 2. The molecule has 228 valence electrons. The number of hydrogen-bond acceptors (Lipinski definition) is 6. The first kappa shape index (κ1) is 31.6. The summed E-state index contributed by atoms with van der Waals surface area (Å²) in [6.07, 6.45) is -7.48. The molecule has 0 spiro atoms. The zero-order valence-corrected chi connectivity index (χ0v) is 22.7. The highest BCUT2D eigenvalue weighted by molar-refractivity contribution is 6.00. The number of pyridine rings is 2. The molecule has 2 heterocycles. The van der Waals surface area contributed by atoms with Crippen LogP contribution in [0, 0.1) is 11.6 Å². The third-order valence-corrected chi connectivity index (χ3v) is 6.64. The number of methoxy groups -OCH3 is 1. The molecule has 1 amide bonds. The van der Waals surface area contributed by atoms with E-state index in [2.05, 4.69) is 9.97 Å². The van der Waals surface area contributed by atoms with Crippen LogP contribution in [0.4, 0.5) is 30.7 Å². The van der Waals surface area contributed by atoms with Gasteiger partial charge in [0.25, 0.3) is 12.3 Å². The second kappa shape index (κ2) is 11.4. The maximum absolute atomic E-state index is 15.4. The first-order valence-corrected chi connectivity index (χ1v) is 12.5. The molecule has 0 saturated heterocycles. The van der Waals surface area contributed by atoms with Crippen LogP contribution in [0.25, 0.3) is 22.2 Å². The van der Waals surface area contributed by atoms with Crippen molar-refractivity contribution in [1.29, 1.82) is 0 Å². The van der Waals surface area contributed by atoms with Gasteiger partial charge in [-0.05, 0) is 62.4 Å². The lowest BCUT2D eigenvalue weighted by Crippen LogP contribution is -2.51. The fourth-order valence-electron chi connectivity index (χ4n) is 4.27. The van der Waals surface area contributed by atoms with E-state index in [0.717, 1.165) is 62.5 Å². The summed E-state index contributed by atoms with van der Waals surface area (Å²) in [5.74, 6) is -3.12. The molecule has 0 aliphatic rings. The molecular formula is C29H24F7N3O4. The average molecular weight is 612 g/mol. The van der Waals surface area contributed by atoms with Crippen LogP contribution in [0.15, 0.2) is 54.7 Å². The summed E-state index contributed by atoms with van der Waals surface area (Å²) < 4.78 is 104. The Balaban J connectivity index is 1.78. The highest BCUT2D eigenvalue weighted by atomic mass is 19.4. The number of hydrogen-bond donors (Lipinski definition) is 3. The second-order valence-electron chi connectivity index (χ2n) is 10.1. The summed E-state index contributed by atoms with van der Waals surface area (Å²) in [4.78, 5) is 20.6. The van der Waals surface area contributed by atoms with Gasteiger partial charge in [0.2, 0.25) is 5.60 Å². The molecule has 0 aliphatic heterocycles. The number of nitrogens with zero attached hydrogens (tertiary/aromatic N) is 2. The van der Waals surface area contributed by atoms with Crippen LogP contribution in [0.1, 0.15) is 47.5 Å². The Morgan fingerprint density at radius 1 is 1.02 bits per heavy atom. The number of amides is 1. The van der Waals surface area contributed by atoms with Crippen molar-refractivity contribution < 1.29 is 50.5 Å². The lowest BCUT2D eigenvalue weighted by molar-refractivity contribution is -0.265. The summed E-state index contributed by atoms with van der Waals surface area (Å²) >= 11 is 0. The Bertz CT molecular complexity index is 1670. The minimum absolute atomic E-state index is 0.0338. The van der Waals surface area contributed by atoms with Crippen molar-refractivity contribution in [1.82, 2.24) is 15.3 Å². The molecule has 43 heavy (non-hydrogen) atoms. The summed E-state index contributed by atoms with van der Waals surface area (Å²) in [6.45, 7) is 0.663. The van der Waals surface area contributed by atoms with Crippen LogP contribution < -0.4 is 10.1 Å². The van der Waals surface area contributed by atoms with E-state index in [4.69, 9.17) is 4.74 Å². The van der Waals surface area contributed by atoms with Gasteiger partial charge in [-0.1, -0.05) is 0 Å². The van der Waals surface area contributed by atoms with Gasteiger partial charge in [0.1, 0.15) is 22.8 Å². The predicted molar refractivity (Wildman–Crippen MR) is 140 cm³/mol. The van der Waals surface area contributed by atoms with Crippen molar-refractivity contribution >= 4 is 16.8 Å². The van der Waals surface area contributed by atoms with Crippen molar-refractivity contribution in [3.05, 3.63) is 88.7 Å². The second-order valence-corrected chi connectivity index (χ2v) is 10.1. The van der Waals surface area contributed by atoms with Crippen molar-refractivity contribution in [3.63, 3.8) is 0 Å². The molecule has 0 bridgehead atoms. The van der Waals surface area contributed by atoms with E-state index in [0.29, 0.717) is 6.07 Å². The molecule has 0 fully saturated rings. The van der Waals surface area contributed by atoms with Gasteiger partial charge < -0.3 is 20.3 Å². The lowest BCUT2D eigenvalue weighted by Gasteiger charge is -2.32. The van der Waals surface area contributed by atoms with Crippen LogP contribution in [-0.2, 0) is 11.2 Å². The van der Waals surface area contributed by atoms with Gasteiger partial charge in [0.15, 0.2) is 5.82 Å². The zero-order valence-electron chi connectivity index (χ0n) is 22.7. The van der Waals surface area contributed by atoms with Gasteiger partial charge in [-0.15, -0.1) is 0 Å². The smallest absolute Gasteiger partial charge is 0.424 e. The Morgan fingerprint density at radius 3 is 2.23 bits per heavy atom. The number of halogens is 7. The number of carbonyl (C=O) groups excluding carboxylic acids is 1. The average Bonchev–Trinajstić information content (AvgIpc) is 2.94. The molecule has 3 N–H and O–H groups in total. The Hall–Kier alpha value is -4.30. The van der Waals surface area contributed by atoms with Crippen LogP contribution in [-0.4, -0.2) is 45.9 Å². The van der Waals surface area contributed by atoms with E-state index >= 15 is 4.39 Å². The predicted octanol–water partition coefficient (Wildman–Crippen LogP) is 5.93. The molecule has 4 aromatic rings. The van der Waals surface area contributed by atoms with Gasteiger partial charge in [0.05, 0.1) is 24.9 Å². The maximum Gasteiger partial charge on any atom is 0.424 e. The minimum atomic E-state index is -5.50. The normalized spacial score (nSPS) is 13.7. The quantitative estimate of drug-likeness (QED) is 0.214. The molecule has 0 saturated carbocycles. The highest BCUT2D eigenvalue weighted by Gasteiger charge is 2.57. The fourth-order valence-corrected chi connectivity index (χ4v) is 4.27. The van der Waals surface area contributed by atoms with Crippen LogP contribution >= 0.6 is 0 Å². The van der Waals surface area contributed by atoms with E-state index < -0.39 is 70.4 Å². The van der Waals surface area contributed by atoms with Gasteiger partial charge in [-0.3, -0.25) is 9.78 Å². The molecule has 0 radical (unpaired) electrons. The van der Waals surface area contributed by atoms with Crippen LogP contribution in [0.3, 0.4) is 0 Å². The monoisotopic (exact) mass is 611 g/mol. The zero-order chi connectivity index (χ0) is 31.9. The third kappa shape index (κ3) is 6.25. The molecule has 4 rings (SSSR count). The Morgan fingerprint density at radius 2 is 1.67 bits per heavy atom. The van der Waals surface area contributed by atoms with Gasteiger partial charge in [-0.2, -0.15) is 13.2 Å². The topological polar surface area (TPSA) is 105 Å². The van der Waals surface area contributed by atoms with E-state index in [-0.39, 0.29) is 27.8 Å². The molecular weight excluding hydrogens is 587 g/mol. The van der Waals surface area contributed by atoms with Gasteiger partial charge in [-0.25, -0.2) is 22.5 Å². The van der Waals surface area contributed by atoms with E-state index in [1.54, 1.807) is 0 Å². The minimum Gasteiger partial charge on any atom is -0.494 e. The Kier molecular flexibility index (Phi) is 8.40. The van der Waals surface area contributed by atoms with E-state index in [9.17, 15) is 41.4 Å². The molecule has 1 unspecified atom stereocenters. The summed E-state index contributed by atoms with van der Waals surface area (Å²) in [7, 11) is 1.21. The van der Waals surface area contributed by atoms with E-state index in [1.165, 1.54) is 7.11 Å². The standard InChI is InChI=1S/C29H24F7N3O4/c1-27(2,41)19-11-21(39-24(22(19)31)14-4-6-18(30)7-5-14)28(42,29(34,35)36)13-38-26(40)16-8-15-9-17(25(32)33)12-37-23(15)20(10-16)43-3/h4-12,25,41-42H,13H2,1-3H3,(H,38,40). The molecule has 0 aliphatic carbocycles. The molecule has 14 heteroatoms.